The van der Waals surface area contributed by atoms with E-state index in [1.165, 1.54) is 64.2 Å². The predicted molar refractivity (Wildman–Crippen MR) is 114 cm³/mol. The van der Waals surface area contributed by atoms with Crippen LogP contribution in [-0.2, 0) is 14.6 Å². The van der Waals surface area contributed by atoms with Crippen LogP contribution in [0.15, 0.2) is 0 Å². The van der Waals surface area contributed by atoms with E-state index in [2.05, 4.69) is 6.92 Å². The molecule has 2 unspecified atom stereocenters. The van der Waals surface area contributed by atoms with Crippen molar-refractivity contribution < 1.29 is 13.2 Å². The molecule has 0 aromatic rings. The van der Waals surface area contributed by atoms with Gasteiger partial charge in [-0.3, -0.25) is 4.79 Å². The Morgan fingerprint density at radius 1 is 0.808 bits per heavy atom. The normalized spacial score (nSPS) is 14.3. The van der Waals surface area contributed by atoms with Gasteiger partial charge in [0.05, 0.1) is 11.0 Å². The van der Waals surface area contributed by atoms with E-state index >= 15 is 0 Å². The number of unbranched alkanes of at least 4 members (excludes halogenated alkanes) is 11. The van der Waals surface area contributed by atoms with Gasteiger partial charge >= 0.3 is 0 Å². The lowest BCUT2D eigenvalue weighted by atomic mass is 10.0. The SMILES string of the molecule is CCCCCCCCCCCCCCC(C)S(=O)(=O)CC(C)CC(=O)Cl. The lowest BCUT2D eigenvalue weighted by Gasteiger charge is -2.16. The molecule has 26 heavy (non-hydrogen) atoms. The lowest BCUT2D eigenvalue weighted by molar-refractivity contribution is -0.112. The first kappa shape index (κ1) is 25.9. The molecule has 0 saturated heterocycles. The zero-order valence-electron chi connectivity index (χ0n) is 17.3. The predicted octanol–water partition coefficient (Wildman–Crippen LogP) is 6.67. The van der Waals surface area contributed by atoms with Crippen molar-refractivity contribution in [2.45, 2.75) is 116 Å². The van der Waals surface area contributed by atoms with Crippen LogP contribution in [0.3, 0.4) is 0 Å². The van der Waals surface area contributed by atoms with E-state index in [1.54, 1.807) is 13.8 Å². The highest BCUT2D eigenvalue weighted by atomic mass is 35.5. The van der Waals surface area contributed by atoms with Crippen LogP contribution in [0.25, 0.3) is 0 Å². The molecule has 0 aliphatic heterocycles. The second kappa shape index (κ2) is 15.9. The number of rotatable bonds is 18. The van der Waals surface area contributed by atoms with Crippen molar-refractivity contribution in [2.75, 3.05) is 5.75 Å². The van der Waals surface area contributed by atoms with E-state index < -0.39 is 15.1 Å². The molecule has 2 atom stereocenters. The molecule has 5 heteroatoms. The van der Waals surface area contributed by atoms with E-state index in [9.17, 15) is 13.2 Å². The van der Waals surface area contributed by atoms with E-state index in [-0.39, 0.29) is 23.3 Å². The lowest BCUT2D eigenvalue weighted by Crippen LogP contribution is -2.25. The largest absolute Gasteiger partial charge is 0.281 e. The molecule has 0 aromatic carbocycles. The van der Waals surface area contributed by atoms with Gasteiger partial charge in [-0.15, -0.1) is 0 Å². The maximum Gasteiger partial charge on any atom is 0.221 e. The smallest absolute Gasteiger partial charge is 0.221 e. The van der Waals surface area contributed by atoms with E-state index in [0.29, 0.717) is 0 Å². The fourth-order valence-electron chi connectivity index (χ4n) is 3.35. The van der Waals surface area contributed by atoms with Gasteiger partial charge in [0.2, 0.25) is 5.24 Å². The molecular formula is C21H41ClO3S. The van der Waals surface area contributed by atoms with Gasteiger partial charge in [0.15, 0.2) is 9.84 Å². The van der Waals surface area contributed by atoms with Crippen LogP contribution in [-0.4, -0.2) is 24.7 Å². The molecule has 0 radical (unpaired) electrons. The average molecular weight is 409 g/mol. The van der Waals surface area contributed by atoms with Crippen LogP contribution in [0.4, 0.5) is 0 Å². The molecule has 0 N–H and O–H groups in total. The zero-order chi connectivity index (χ0) is 19.8. The van der Waals surface area contributed by atoms with Gasteiger partial charge in [-0.2, -0.15) is 0 Å². The minimum Gasteiger partial charge on any atom is -0.281 e. The molecule has 156 valence electrons. The Labute approximate surface area is 167 Å². The first-order chi connectivity index (χ1) is 12.3. The van der Waals surface area contributed by atoms with Gasteiger partial charge in [0.25, 0.3) is 0 Å². The molecule has 0 aliphatic carbocycles. The summed E-state index contributed by atoms with van der Waals surface area (Å²) in [6.45, 7) is 5.82. The van der Waals surface area contributed by atoms with Crippen molar-refractivity contribution in [3.05, 3.63) is 0 Å². The van der Waals surface area contributed by atoms with Crippen LogP contribution in [0.1, 0.15) is 111 Å². The van der Waals surface area contributed by atoms with Crippen LogP contribution in [0, 0.1) is 5.92 Å². The Morgan fingerprint density at radius 3 is 1.65 bits per heavy atom. The summed E-state index contributed by atoms with van der Waals surface area (Å²) >= 11 is 5.34. The molecule has 0 saturated carbocycles. The van der Waals surface area contributed by atoms with E-state index in [1.807, 2.05) is 0 Å². The maximum absolute atomic E-state index is 12.3. The molecule has 0 aromatic heterocycles. The molecule has 0 fully saturated rings. The molecule has 0 heterocycles. The number of sulfone groups is 1. The van der Waals surface area contributed by atoms with E-state index in [0.717, 1.165) is 19.3 Å². The Balaban J connectivity index is 3.63. The third-order valence-electron chi connectivity index (χ3n) is 5.10. The number of carbonyl (C=O) groups excluding carboxylic acids is 1. The van der Waals surface area contributed by atoms with Crippen LogP contribution in [0.5, 0.6) is 0 Å². The molecular weight excluding hydrogens is 368 g/mol. The third kappa shape index (κ3) is 15.0. The van der Waals surface area contributed by atoms with Crippen LogP contribution < -0.4 is 0 Å². The second-order valence-corrected chi connectivity index (χ2v) is 10.9. The highest BCUT2D eigenvalue weighted by Gasteiger charge is 2.23. The number of hydrogen-bond acceptors (Lipinski definition) is 3. The molecule has 0 bridgehead atoms. The molecule has 0 spiro atoms. The minimum absolute atomic E-state index is 0.0604. The highest BCUT2D eigenvalue weighted by molar-refractivity contribution is 7.92. The topological polar surface area (TPSA) is 51.2 Å². The van der Waals surface area contributed by atoms with Crippen LogP contribution >= 0.6 is 11.6 Å². The van der Waals surface area contributed by atoms with Crippen molar-refractivity contribution in [1.82, 2.24) is 0 Å². The quantitative estimate of drug-likeness (QED) is 0.188. The fraction of sp³-hybridized carbons (Fsp3) is 0.952. The first-order valence-corrected chi connectivity index (χ1v) is 12.8. The van der Waals surface area contributed by atoms with Gasteiger partial charge in [-0.1, -0.05) is 90.9 Å². The Hall–Kier alpha value is -0.0900. The number of halogens is 1. The van der Waals surface area contributed by atoms with Gasteiger partial charge in [-0.05, 0) is 30.9 Å². The molecule has 3 nitrogen and oxygen atoms in total. The van der Waals surface area contributed by atoms with Gasteiger partial charge < -0.3 is 0 Å². The summed E-state index contributed by atoms with van der Waals surface area (Å²) in [5.74, 6) is -0.139. The summed E-state index contributed by atoms with van der Waals surface area (Å²) in [6.07, 6.45) is 16.3. The van der Waals surface area contributed by atoms with Gasteiger partial charge in [0.1, 0.15) is 0 Å². The molecule has 0 aliphatic rings. The third-order valence-corrected chi connectivity index (χ3v) is 7.75. The Morgan fingerprint density at radius 2 is 1.23 bits per heavy atom. The van der Waals surface area contributed by atoms with Gasteiger partial charge in [-0.25, -0.2) is 8.42 Å². The highest BCUT2D eigenvalue weighted by Crippen LogP contribution is 2.18. The number of hydrogen-bond donors (Lipinski definition) is 0. The summed E-state index contributed by atoms with van der Waals surface area (Å²) in [5.41, 5.74) is 0. The van der Waals surface area contributed by atoms with Crippen molar-refractivity contribution in [3.63, 3.8) is 0 Å². The van der Waals surface area contributed by atoms with Gasteiger partial charge in [0, 0.05) is 6.42 Å². The number of carbonyl (C=O) groups is 1. The minimum atomic E-state index is -3.13. The maximum atomic E-state index is 12.3. The van der Waals surface area contributed by atoms with Crippen molar-refractivity contribution >= 4 is 26.7 Å². The fourth-order valence-corrected chi connectivity index (χ4v) is 5.37. The van der Waals surface area contributed by atoms with Crippen molar-refractivity contribution in [3.8, 4) is 0 Å². The summed E-state index contributed by atoms with van der Waals surface area (Å²) < 4.78 is 24.6. The summed E-state index contributed by atoms with van der Waals surface area (Å²) in [7, 11) is -3.13. The Kier molecular flexibility index (Phi) is 15.9. The van der Waals surface area contributed by atoms with E-state index in [4.69, 9.17) is 11.6 Å². The monoisotopic (exact) mass is 408 g/mol. The standard InChI is InChI=1S/C21H41ClO3S/c1-4-5-6-7-8-9-10-11-12-13-14-15-16-20(3)26(24,25)18-19(2)17-21(22)23/h19-20H,4-18H2,1-3H3. The zero-order valence-corrected chi connectivity index (χ0v) is 18.8. The summed E-state index contributed by atoms with van der Waals surface area (Å²) in [5, 5.41) is -0.778. The average Bonchev–Trinajstić information content (AvgIpc) is 2.54. The van der Waals surface area contributed by atoms with Crippen LogP contribution in [0.2, 0.25) is 0 Å². The van der Waals surface area contributed by atoms with Crippen molar-refractivity contribution in [2.24, 2.45) is 5.92 Å². The first-order valence-electron chi connectivity index (χ1n) is 10.7. The second-order valence-electron chi connectivity index (χ2n) is 7.98. The molecule has 0 amide bonds. The van der Waals surface area contributed by atoms with Crippen molar-refractivity contribution in [1.29, 1.82) is 0 Å². The summed E-state index contributed by atoms with van der Waals surface area (Å²) in [6, 6.07) is 0. The summed E-state index contributed by atoms with van der Waals surface area (Å²) in [4.78, 5) is 10.9. The Bertz CT molecular complexity index is 448. The molecule has 0 rings (SSSR count).